The van der Waals surface area contributed by atoms with Crippen LogP contribution in [-0.2, 0) is 5.41 Å². The van der Waals surface area contributed by atoms with Gasteiger partial charge in [0.15, 0.2) is 0 Å². The molecule has 2 aliphatic heterocycles. The van der Waals surface area contributed by atoms with Crippen molar-refractivity contribution in [3.63, 3.8) is 0 Å². The monoisotopic (exact) mass is 776 g/mol. The normalized spacial score (nSPS) is 14.5. The van der Waals surface area contributed by atoms with Gasteiger partial charge in [0, 0.05) is 63.5 Å². The Hall–Kier alpha value is -5.88. The maximum absolute atomic E-state index is 2.64. The number of hydrogen-bond donors (Lipinski definition) is 0. The third kappa shape index (κ3) is 4.23. The largest absolute Gasteiger partial charge is 0.309 e. The molecule has 4 heterocycles. The Kier molecular flexibility index (Phi) is 6.64. The SMILES string of the molecule is Cc1ccc2c(c1)Sc1cc(-n3c4ccccc4c4c5c(c6c(c7ccccc7n6-c6ccccc6)c43)-c3ccccc3C5(C)C)cc3c1B2c1ccc(C)cc1S3. The van der Waals surface area contributed by atoms with Crippen molar-refractivity contribution in [3.8, 4) is 22.5 Å². The van der Waals surface area contributed by atoms with Crippen molar-refractivity contribution in [2.24, 2.45) is 0 Å². The molecule has 0 spiro atoms. The lowest BCUT2D eigenvalue weighted by molar-refractivity contribution is 0.667. The van der Waals surface area contributed by atoms with Crippen molar-refractivity contribution < 1.29 is 0 Å². The summed E-state index contributed by atoms with van der Waals surface area (Å²) in [5, 5.41) is 5.25. The molecule has 8 aromatic carbocycles. The number of aryl methyl sites for hydroxylation is 2. The summed E-state index contributed by atoms with van der Waals surface area (Å²) < 4.78 is 5.19. The van der Waals surface area contributed by atoms with Gasteiger partial charge >= 0.3 is 0 Å². The van der Waals surface area contributed by atoms with Gasteiger partial charge in [-0.05, 0) is 84.5 Å². The summed E-state index contributed by atoms with van der Waals surface area (Å²) in [6, 6.07) is 57.6. The van der Waals surface area contributed by atoms with Crippen LogP contribution in [0.5, 0.6) is 0 Å². The molecule has 2 aromatic heterocycles. The highest BCUT2D eigenvalue weighted by Crippen LogP contribution is 2.58. The van der Waals surface area contributed by atoms with Gasteiger partial charge < -0.3 is 9.13 Å². The van der Waals surface area contributed by atoms with Gasteiger partial charge in [0.1, 0.15) is 0 Å². The molecule has 0 atom stereocenters. The van der Waals surface area contributed by atoms with E-state index in [-0.39, 0.29) is 12.1 Å². The first-order chi connectivity index (χ1) is 28.4. The smallest absolute Gasteiger partial charge is 0.247 e. The van der Waals surface area contributed by atoms with Crippen LogP contribution in [0.2, 0.25) is 0 Å². The topological polar surface area (TPSA) is 9.86 Å². The first-order valence-corrected chi connectivity index (χ1v) is 21.9. The van der Waals surface area contributed by atoms with Crippen LogP contribution < -0.4 is 16.4 Å². The Bertz CT molecular complexity index is 3390. The van der Waals surface area contributed by atoms with Crippen molar-refractivity contribution in [1.82, 2.24) is 9.13 Å². The molecule has 0 N–H and O–H groups in total. The summed E-state index contributed by atoms with van der Waals surface area (Å²) in [5.74, 6) is 0. The number of fused-ring (bicyclic) bond motifs is 16. The van der Waals surface area contributed by atoms with Gasteiger partial charge in [-0.1, -0.05) is 163 Å². The Morgan fingerprint density at radius 3 is 1.71 bits per heavy atom. The van der Waals surface area contributed by atoms with Gasteiger partial charge in [-0.2, -0.15) is 0 Å². The van der Waals surface area contributed by atoms with E-state index in [0.717, 1.165) is 0 Å². The number of benzene rings is 8. The Morgan fingerprint density at radius 2 is 1.05 bits per heavy atom. The fourth-order valence-electron chi connectivity index (χ4n) is 10.9. The molecule has 3 aliphatic rings. The molecule has 1 aliphatic carbocycles. The van der Waals surface area contributed by atoms with E-state index in [2.05, 4.69) is 188 Å². The van der Waals surface area contributed by atoms with Crippen molar-refractivity contribution in [3.05, 3.63) is 174 Å². The van der Waals surface area contributed by atoms with Gasteiger partial charge in [-0.3, -0.25) is 0 Å². The molecule has 0 radical (unpaired) electrons. The minimum absolute atomic E-state index is 0.212. The fraction of sp³-hybridized carbons (Fsp3) is 0.0943. The second kappa shape index (κ2) is 11.6. The summed E-state index contributed by atoms with van der Waals surface area (Å²) in [5.41, 5.74) is 19.6. The maximum atomic E-state index is 2.64. The van der Waals surface area contributed by atoms with Crippen LogP contribution in [0, 0.1) is 13.8 Å². The van der Waals surface area contributed by atoms with Crippen LogP contribution in [0.1, 0.15) is 36.1 Å². The zero-order valence-corrected chi connectivity index (χ0v) is 34.4. The van der Waals surface area contributed by atoms with E-state index < -0.39 is 0 Å². The molecule has 2 nitrogen and oxygen atoms in total. The Labute approximate surface area is 346 Å². The highest BCUT2D eigenvalue weighted by atomic mass is 32.2. The Balaban J connectivity index is 1.23. The van der Waals surface area contributed by atoms with Crippen LogP contribution in [0.25, 0.3) is 66.1 Å². The molecule has 0 saturated heterocycles. The van der Waals surface area contributed by atoms with Gasteiger partial charge in [-0.25, -0.2) is 0 Å². The van der Waals surface area contributed by atoms with Crippen LogP contribution in [0.3, 0.4) is 0 Å². The molecule has 58 heavy (non-hydrogen) atoms. The van der Waals surface area contributed by atoms with E-state index in [1.165, 1.54) is 124 Å². The first-order valence-electron chi connectivity index (χ1n) is 20.3. The van der Waals surface area contributed by atoms with Gasteiger partial charge in [0.2, 0.25) is 6.71 Å². The summed E-state index contributed by atoms with van der Waals surface area (Å²) in [6.07, 6.45) is 0. The zero-order chi connectivity index (χ0) is 38.6. The summed E-state index contributed by atoms with van der Waals surface area (Å²) in [4.78, 5) is 5.45. The summed E-state index contributed by atoms with van der Waals surface area (Å²) in [6.45, 7) is 9.54. The molecular weight excluding hydrogens is 740 g/mol. The second-order valence-electron chi connectivity index (χ2n) is 17.0. The maximum Gasteiger partial charge on any atom is 0.247 e. The third-order valence-electron chi connectivity index (χ3n) is 13.3. The summed E-state index contributed by atoms with van der Waals surface area (Å²) >= 11 is 3.90. The van der Waals surface area contributed by atoms with E-state index in [9.17, 15) is 0 Å². The predicted molar refractivity (Wildman–Crippen MR) is 248 cm³/mol. The molecular formula is C53H37BN2S2. The molecule has 0 saturated carbocycles. The molecule has 13 rings (SSSR count). The standard InChI is InChI=1S/C53H37BN2S2/c1-30-22-24-38-42(26-30)57-44-28-33(29-45-50(44)54(38)39-25-23-31(2)27-43(39)58-45)56-40-20-12-9-17-35(40)47-49-46(34-16-8-11-19-37(34)53(49,3)4)51-48(52(47)56)36-18-10-13-21-41(36)55(51)32-14-6-5-7-15-32/h5-29H,1-4H3. The van der Waals surface area contributed by atoms with E-state index in [1.54, 1.807) is 0 Å². The van der Waals surface area contributed by atoms with Crippen molar-refractivity contribution in [2.75, 3.05) is 0 Å². The first kappa shape index (κ1) is 33.1. The molecule has 0 unspecified atom stereocenters. The fourth-order valence-corrected chi connectivity index (χ4v) is 13.6. The number of hydrogen-bond acceptors (Lipinski definition) is 2. The minimum atomic E-state index is -0.227. The van der Waals surface area contributed by atoms with Gasteiger partial charge in [0.05, 0.1) is 22.1 Å². The third-order valence-corrected chi connectivity index (χ3v) is 15.5. The van der Waals surface area contributed by atoms with E-state index in [4.69, 9.17) is 0 Å². The quantitative estimate of drug-likeness (QED) is 0.162. The van der Waals surface area contributed by atoms with Crippen LogP contribution in [0.15, 0.2) is 171 Å². The zero-order valence-electron chi connectivity index (χ0n) is 32.7. The van der Waals surface area contributed by atoms with Crippen LogP contribution >= 0.6 is 23.5 Å². The minimum Gasteiger partial charge on any atom is -0.309 e. The highest BCUT2D eigenvalue weighted by molar-refractivity contribution is 8.01. The average Bonchev–Trinajstić information content (AvgIpc) is 3.84. The molecule has 0 fully saturated rings. The lowest BCUT2D eigenvalue weighted by atomic mass is 9.36. The van der Waals surface area contributed by atoms with E-state index >= 15 is 0 Å². The predicted octanol–water partition coefficient (Wildman–Crippen LogP) is 12.2. The van der Waals surface area contributed by atoms with Crippen molar-refractivity contribution in [1.29, 1.82) is 0 Å². The molecule has 10 aromatic rings. The number of nitrogens with zero attached hydrogens (tertiary/aromatic N) is 2. The second-order valence-corrected chi connectivity index (χ2v) is 19.2. The van der Waals surface area contributed by atoms with Crippen LogP contribution in [0.4, 0.5) is 0 Å². The molecule has 274 valence electrons. The molecule has 0 bridgehead atoms. The highest BCUT2D eigenvalue weighted by Gasteiger charge is 2.42. The average molecular weight is 777 g/mol. The van der Waals surface area contributed by atoms with Crippen molar-refractivity contribution >= 4 is 90.2 Å². The molecule has 0 amide bonds. The van der Waals surface area contributed by atoms with Gasteiger partial charge in [-0.15, -0.1) is 0 Å². The lowest BCUT2D eigenvalue weighted by Crippen LogP contribution is -2.58. The van der Waals surface area contributed by atoms with E-state index in [0.29, 0.717) is 0 Å². The lowest BCUT2D eigenvalue weighted by Gasteiger charge is -2.33. The Morgan fingerprint density at radius 1 is 0.500 bits per heavy atom. The summed E-state index contributed by atoms with van der Waals surface area (Å²) in [7, 11) is 0. The van der Waals surface area contributed by atoms with Gasteiger partial charge in [0.25, 0.3) is 0 Å². The number of para-hydroxylation sites is 3. The van der Waals surface area contributed by atoms with E-state index in [1.807, 2.05) is 23.5 Å². The number of aromatic nitrogens is 2. The molecule has 5 heteroatoms. The number of rotatable bonds is 2. The van der Waals surface area contributed by atoms with Crippen molar-refractivity contribution in [2.45, 2.75) is 52.7 Å². The van der Waals surface area contributed by atoms with Crippen LogP contribution in [-0.4, -0.2) is 15.8 Å².